The summed E-state index contributed by atoms with van der Waals surface area (Å²) in [6, 6.07) is 0. The molecule has 0 rings (SSSR count). The molecule has 0 fully saturated rings. The lowest BCUT2D eigenvalue weighted by molar-refractivity contribution is 0.178. The molecule has 0 radical (unpaired) electrons. The van der Waals surface area contributed by atoms with Gasteiger partial charge in [0, 0.05) is 19.3 Å². The summed E-state index contributed by atoms with van der Waals surface area (Å²) in [5.74, 6) is 0.521. The Kier molecular flexibility index (Phi) is 6.78. The fourth-order valence-corrected chi connectivity index (χ4v) is 5.02. The third kappa shape index (κ3) is 3.29. The second-order valence-corrected chi connectivity index (χ2v) is 8.87. The minimum Gasteiger partial charge on any atom is -0.386 e. The average molecular weight is 247 g/mol. The van der Waals surface area contributed by atoms with E-state index in [0.29, 0.717) is 5.92 Å². The lowest BCUT2D eigenvalue weighted by atomic mass is 9.99. The maximum absolute atomic E-state index is 5.77. The average Bonchev–Trinajstić information content (AvgIpc) is 2.24. The van der Waals surface area contributed by atoms with Gasteiger partial charge in [-0.1, -0.05) is 41.0 Å². The highest BCUT2D eigenvalue weighted by molar-refractivity contribution is 6.68. The molecule has 0 aliphatic heterocycles. The lowest BCUT2D eigenvalue weighted by Gasteiger charge is -2.43. The first-order chi connectivity index (χ1) is 7.38. The summed E-state index contributed by atoms with van der Waals surface area (Å²) in [5, 5.41) is 0.0459. The van der Waals surface area contributed by atoms with Gasteiger partial charge < -0.3 is 8.85 Å². The molecule has 0 aromatic heterocycles. The van der Waals surface area contributed by atoms with Gasteiger partial charge in [0.1, 0.15) is 0 Å². The molecule has 0 heterocycles. The topological polar surface area (TPSA) is 30.5 Å². The van der Waals surface area contributed by atoms with E-state index in [1.165, 1.54) is 6.42 Å². The molecule has 1 N–H and O–H groups in total. The molecule has 0 saturated heterocycles. The number of hydrogen-bond donors (Lipinski definition) is 1. The van der Waals surface area contributed by atoms with E-state index in [-0.39, 0.29) is 5.04 Å². The number of unbranched alkanes of at least 4 members (excludes halogenated alkanes) is 1. The molecule has 98 valence electrons. The number of rotatable bonds is 8. The maximum Gasteiger partial charge on any atom is 0.430 e. The van der Waals surface area contributed by atoms with Crippen molar-refractivity contribution in [2.24, 2.45) is 5.92 Å². The standard InChI is InChI=1S/C12H29NO2Si/c1-8-9-10-13-16(14-6,15-7)12(4,5)11(2)3/h11,13H,8-10H2,1-7H3. The van der Waals surface area contributed by atoms with E-state index in [9.17, 15) is 0 Å². The molecule has 0 aliphatic rings. The maximum atomic E-state index is 5.77. The van der Waals surface area contributed by atoms with Gasteiger partial charge in [0.05, 0.1) is 0 Å². The highest BCUT2D eigenvalue weighted by Gasteiger charge is 2.53. The molecular formula is C12H29NO2Si. The highest BCUT2D eigenvalue weighted by Crippen LogP contribution is 2.43. The van der Waals surface area contributed by atoms with Crippen LogP contribution in [0.2, 0.25) is 5.04 Å². The van der Waals surface area contributed by atoms with Gasteiger partial charge in [0.15, 0.2) is 0 Å². The smallest absolute Gasteiger partial charge is 0.386 e. The number of hydrogen-bond acceptors (Lipinski definition) is 3. The normalized spacial score (nSPS) is 13.5. The SMILES string of the molecule is CCCCN[Si](OC)(OC)C(C)(C)C(C)C. The summed E-state index contributed by atoms with van der Waals surface area (Å²) in [6.45, 7) is 12.1. The minimum absolute atomic E-state index is 0.0459. The lowest BCUT2D eigenvalue weighted by Crippen LogP contribution is -2.63. The molecule has 0 aromatic rings. The summed E-state index contributed by atoms with van der Waals surface area (Å²) in [7, 11) is 1.20. The van der Waals surface area contributed by atoms with Gasteiger partial charge in [0.2, 0.25) is 0 Å². The van der Waals surface area contributed by atoms with Crippen LogP contribution in [0.3, 0.4) is 0 Å². The third-order valence-electron chi connectivity index (χ3n) is 3.75. The van der Waals surface area contributed by atoms with Gasteiger partial charge in [0.25, 0.3) is 0 Å². The second kappa shape index (κ2) is 6.74. The van der Waals surface area contributed by atoms with E-state index in [0.717, 1.165) is 13.0 Å². The van der Waals surface area contributed by atoms with Crippen molar-refractivity contribution in [2.45, 2.75) is 52.5 Å². The summed E-state index contributed by atoms with van der Waals surface area (Å²) >= 11 is 0. The fourth-order valence-electron chi connectivity index (χ4n) is 1.79. The van der Waals surface area contributed by atoms with Crippen molar-refractivity contribution < 1.29 is 8.85 Å². The first-order valence-corrected chi connectivity index (χ1v) is 8.05. The summed E-state index contributed by atoms with van der Waals surface area (Å²) in [4.78, 5) is 3.55. The summed E-state index contributed by atoms with van der Waals surface area (Å²) < 4.78 is 11.5. The van der Waals surface area contributed by atoms with Crippen molar-refractivity contribution in [1.29, 1.82) is 0 Å². The van der Waals surface area contributed by atoms with Gasteiger partial charge in [-0.3, -0.25) is 4.98 Å². The molecule has 3 nitrogen and oxygen atoms in total. The van der Waals surface area contributed by atoms with E-state index < -0.39 is 8.72 Å². The van der Waals surface area contributed by atoms with E-state index in [1.807, 2.05) is 0 Å². The van der Waals surface area contributed by atoms with Crippen LogP contribution in [-0.2, 0) is 8.85 Å². The Bertz CT molecular complexity index is 191. The molecule has 16 heavy (non-hydrogen) atoms. The van der Waals surface area contributed by atoms with E-state index in [2.05, 4.69) is 39.6 Å². The van der Waals surface area contributed by atoms with E-state index in [4.69, 9.17) is 8.85 Å². The molecule has 0 spiro atoms. The predicted molar refractivity (Wildman–Crippen MR) is 71.6 cm³/mol. The molecular weight excluding hydrogens is 218 g/mol. The largest absolute Gasteiger partial charge is 0.430 e. The van der Waals surface area contributed by atoms with Crippen LogP contribution in [0.5, 0.6) is 0 Å². The Morgan fingerprint density at radius 2 is 1.69 bits per heavy atom. The molecule has 0 saturated carbocycles. The molecule has 0 atom stereocenters. The molecule has 0 unspecified atom stereocenters. The summed E-state index contributed by atoms with van der Waals surface area (Å²) in [6.07, 6.45) is 2.35. The van der Waals surface area contributed by atoms with Crippen molar-refractivity contribution in [3.05, 3.63) is 0 Å². The van der Waals surface area contributed by atoms with Crippen LogP contribution in [0.4, 0.5) is 0 Å². The predicted octanol–water partition coefficient (Wildman–Crippen LogP) is 3.04. The van der Waals surface area contributed by atoms with Crippen molar-refractivity contribution in [3.63, 3.8) is 0 Å². The van der Waals surface area contributed by atoms with Crippen molar-refractivity contribution in [1.82, 2.24) is 4.98 Å². The van der Waals surface area contributed by atoms with Crippen LogP contribution < -0.4 is 4.98 Å². The Labute approximate surface area is 102 Å². The van der Waals surface area contributed by atoms with Crippen LogP contribution in [-0.4, -0.2) is 29.5 Å². The Morgan fingerprint density at radius 1 is 1.19 bits per heavy atom. The second-order valence-electron chi connectivity index (χ2n) is 5.18. The zero-order chi connectivity index (χ0) is 12.8. The van der Waals surface area contributed by atoms with Gasteiger partial charge in [-0.25, -0.2) is 0 Å². The Balaban J connectivity index is 4.79. The van der Waals surface area contributed by atoms with E-state index in [1.54, 1.807) is 14.2 Å². The molecule has 4 heteroatoms. The summed E-state index contributed by atoms with van der Waals surface area (Å²) in [5.41, 5.74) is 0. The Hall–Kier alpha value is 0.0969. The molecule has 0 aliphatic carbocycles. The van der Waals surface area contributed by atoms with Crippen LogP contribution in [0.15, 0.2) is 0 Å². The minimum atomic E-state index is -2.32. The molecule has 0 aromatic carbocycles. The van der Waals surface area contributed by atoms with Crippen LogP contribution in [0, 0.1) is 5.92 Å². The van der Waals surface area contributed by atoms with Crippen molar-refractivity contribution in [2.75, 3.05) is 20.8 Å². The van der Waals surface area contributed by atoms with Gasteiger partial charge in [-0.2, -0.15) is 0 Å². The zero-order valence-electron chi connectivity index (χ0n) is 12.0. The third-order valence-corrected chi connectivity index (χ3v) is 7.89. The first-order valence-electron chi connectivity index (χ1n) is 6.23. The monoisotopic (exact) mass is 247 g/mol. The zero-order valence-corrected chi connectivity index (χ0v) is 13.0. The van der Waals surface area contributed by atoms with Crippen LogP contribution in [0.1, 0.15) is 47.5 Å². The number of nitrogens with one attached hydrogen (secondary N) is 1. The highest BCUT2D eigenvalue weighted by atomic mass is 28.4. The van der Waals surface area contributed by atoms with Crippen LogP contribution >= 0.6 is 0 Å². The van der Waals surface area contributed by atoms with Gasteiger partial charge >= 0.3 is 8.72 Å². The molecule has 0 amide bonds. The van der Waals surface area contributed by atoms with E-state index >= 15 is 0 Å². The quantitative estimate of drug-likeness (QED) is 0.528. The van der Waals surface area contributed by atoms with Crippen molar-refractivity contribution in [3.8, 4) is 0 Å². The fraction of sp³-hybridized carbons (Fsp3) is 1.00. The van der Waals surface area contributed by atoms with Crippen LogP contribution in [0.25, 0.3) is 0 Å². The molecule has 0 bridgehead atoms. The van der Waals surface area contributed by atoms with Gasteiger partial charge in [-0.05, 0) is 18.9 Å². The Morgan fingerprint density at radius 3 is 2.00 bits per heavy atom. The van der Waals surface area contributed by atoms with Gasteiger partial charge in [-0.15, -0.1) is 0 Å². The van der Waals surface area contributed by atoms with Crippen molar-refractivity contribution >= 4 is 8.72 Å². The first kappa shape index (κ1) is 16.1.